The van der Waals surface area contributed by atoms with Gasteiger partial charge in [-0.15, -0.1) is 5.11 Å². The van der Waals surface area contributed by atoms with Crippen LogP contribution in [0, 0.1) is 6.92 Å². The highest BCUT2D eigenvalue weighted by Gasteiger charge is 1.96. The molecule has 86 valence electrons. The zero-order valence-corrected chi connectivity index (χ0v) is 11.0. The summed E-state index contributed by atoms with van der Waals surface area (Å²) >= 11 is 3.43. The van der Waals surface area contributed by atoms with Gasteiger partial charge in [-0.3, -0.25) is 5.43 Å². The van der Waals surface area contributed by atoms with Crippen molar-refractivity contribution in [2.75, 3.05) is 5.43 Å². The number of nitrogens with zero attached hydrogens (tertiary/aromatic N) is 2. The zero-order valence-electron chi connectivity index (χ0n) is 9.39. The van der Waals surface area contributed by atoms with E-state index in [2.05, 4.69) is 31.7 Å². The van der Waals surface area contributed by atoms with Crippen molar-refractivity contribution in [1.82, 2.24) is 0 Å². The monoisotopic (exact) mass is 289 g/mol. The van der Waals surface area contributed by atoms with Crippen molar-refractivity contribution in [3.8, 4) is 0 Å². The third-order valence-electron chi connectivity index (χ3n) is 2.32. The summed E-state index contributed by atoms with van der Waals surface area (Å²) in [6.07, 6.45) is 0. The Labute approximate surface area is 109 Å². The molecular formula is C13H12BrN3. The minimum Gasteiger partial charge on any atom is -0.259 e. The van der Waals surface area contributed by atoms with Crippen LogP contribution in [0.25, 0.3) is 0 Å². The fourth-order valence-corrected chi connectivity index (χ4v) is 1.73. The summed E-state index contributed by atoms with van der Waals surface area (Å²) in [5.74, 6) is 0. The van der Waals surface area contributed by atoms with E-state index in [0.29, 0.717) is 0 Å². The van der Waals surface area contributed by atoms with Crippen LogP contribution >= 0.6 is 15.9 Å². The normalized spacial score (nSPS) is 10.7. The van der Waals surface area contributed by atoms with E-state index in [1.165, 1.54) is 0 Å². The van der Waals surface area contributed by atoms with Crippen LogP contribution in [-0.4, -0.2) is 0 Å². The molecule has 3 nitrogen and oxygen atoms in total. The Kier molecular flexibility index (Phi) is 3.88. The molecule has 0 bridgehead atoms. The number of hydrogen-bond donors (Lipinski definition) is 1. The predicted octanol–water partition coefficient (Wildman–Crippen LogP) is 4.87. The van der Waals surface area contributed by atoms with Crippen LogP contribution < -0.4 is 5.43 Å². The third kappa shape index (κ3) is 3.14. The first-order chi connectivity index (χ1) is 8.27. The number of anilines is 1. The molecular weight excluding hydrogens is 278 g/mol. The van der Waals surface area contributed by atoms with E-state index in [0.717, 1.165) is 21.4 Å². The van der Waals surface area contributed by atoms with Gasteiger partial charge in [-0.1, -0.05) is 35.6 Å². The summed E-state index contributed by atoms with van der Waals surface area (Å²) in [6, 6.07) is 15.6. The summed E-state index contributed by atoms with van der Waals surface area (Å²) < 4.78 is 0.962. The molecule has 0 saturated carbocycles. The molecule has 17 heavy (non-hydrogen) atoms. The van der Waals surface area contributed by atoms with Crippen molar-refractivity contribution in [3.05, 3.63) is 58.6 Å². The van der Waals surface area contributed by atoms with Gasteiger partial charge < -0.3 is 0 Å². The first-order valence-electron chi connectivity index (χ1n) is 5.24. The van der Waals surface area contributed by atoms with E-state index >= 15 is 0 Å². The quantitative estimate of drug-likeness (QED) is 0.635. The Bertz CT molecular complexity index is 538. The Morgan fingerprint density at radius 2 is 1.71 bits per heavy atom. The van der Waals surface area contributed by atoms with Crippen molar-refractivity contribution >= 4 is 27.3 Å². The molecule has 0 aliphatic heterocycles. The summed E-state index contributed by atoms with van der Waals surface area (Å²) in [7, 11) is 0. The van der Waals surface area contributed by atoms with E-state index in [4.69, 9.17) is 0 Å². The molecule has 0 atom stereocenters. The molecule has 0 heterocycles. The van der Waals surface area contributed by atoms with Crippen molar-refractivity contribution in [3.63, 3.8) is 0 Å². The topological polar surface area (TPSA) is 36.8 Å². The second kappa shape index (κ2) is 5.59. The largest absolute Gasteiger partial charge is 0.259 e. The van der Waals surface area contributed by atoms with Crippen LogP contribution in [0.2, 0.25) is 0 Å². The Hall–Kier alpha value is -1.68. The highest BCUT2D eigenvalue weighted by atomic mass is 79.9. The lowest BCUT2D eigenvalue weighted by atomic mass is 10.2. The fourth-order valence-electron chi connectivity index (χ4n) is 1.36. The molecule has 0 aliphatic carbocycles. The maximum Gasteiger partial charge on any atom is 0.0903 e. The molecule has 2 aromatic carbocycles. The molecule has 0 unspecified atom stereocenters. The number of nitrogens with one attached hydrogen (secondary N) is 1. The van der Waals surface area contributed by atoms with E-state index in [1.54, 1.807) is 0 Å². The minimum atomic E-state index is 0.868. The molecule has 4 heteroatoms. The number of hydrogen-bond acceptors (Lipinski definition) is 2. The van der Waals surface area contributed by atoms with Gasteiger partial charge in [-0.05, 0) is 46.6 Å². The minimum absolute atomic E-state index is 0.868. The number of rotatable bonds is 3. The average Bonchev–Trinajstić information content (AvgIpc) is 2.34. The van der Waals surface area contributed by atoms with Gasteiger partial charge in [0.25, 0.3) is 0 Å². The highest BCUT2D eigenvalue weighted by molar-refractivity contribution is 9.10. The maximum absolute atomic E-state index is 4.14. The first kappa shape index (κ1) is 11.8. The molecule has 1 N–H and O–H groups in total. The second-order valence-electron chi connectivity index (χ2n) is 3.58. The van der Waals surface area contributed by atoms with E-state index in [-0.39, 0.29) is 0 Å². The number of para-hydroxylation sites is 1. The summed E-state index contributed by atoms with van der Waals surface area (Å²) in [5.41, 5.74) is 5.76. The molecule has 0 fully saturated rings. The lowest BCUT2D eigenvalue weighted by molar-refractivity contribution is 1.12. The number of aryl methyl sites for hydroxylation is 1. The average molecular weight is 290 g/mol. The summed E-state index contributed by atoms with van der Waals surface area (Å²) in [4.78, 5) is 0. The Morgan fingerprint density at radius 1 is 1.00 bits per heavy atom. The van der Waals surface area contributed by atoms with Gasteiger partial charge >= 0.3 is 0 Å². The molecule has 0 spiro atoms. The Balaban J connectivity index is 2.09. The van der Waals surface area contributed by atoms with Gasteiger partial charge in [0, 0.05) is 4.47 Å². The molecule has 0 aliphatic rings. The van der Waals surface area contributed by atoms with Gasteiger partial charge in [-0.2, -0.15) is 0 Å². The van der Waals surface area contributed by atoms with Crippen LogP contribution in [0.4, 0.5) is 11.4 Å². The lowest BCUT2D eigenvalue weighted by Crippen LogP contribution is -1.87. The van der Waals surface area contributed by atoms with Crippen LogP contribution in [0.1, 0.15) is 5.56 Å². The van der Waals surface area contributed by atoms with E-state index in [9.17, 15) is 0 Å². The van der Waals surface area contributed by atoms with Gasteiger partial charge in [0.1, 0.15) is 0 Å². The SMILES string of the molecule is Cc1ccccc1N=NNc1ccccc1Br. The molecule has 0 amide bonds. The van der Waals surface area contributed by atoms with Crippen LogP contribution in [0.3, 0.4) is 0 Å². The molecule has 2 aromatic rings. The number of benzene rings is 2. The summed E-state index contributed by atoms with van der Waals surface area (Å²) in [5, 5.41) is 8.11. The second-order valence-corrected chi connectivity index (χ2v) is 4.43. The lowest BCUT2D eigenvalue weighted by Gasteiger charge is -2.01. The molecule has 0 saturated heterocycles. The predicted molar refractivity (Wildman–Crippen MR) is 73.5 cm³/mol. The van der Waals surface area contributed by atoms with E-state index in [1.807, 2.05) is 55.5 Å². The van der Waals surface area contributed by atoms with Crippen LogP contribution in [-0.2, 0) is 0 Å². The fraction of sp³-hybridized carbons (Fsp3) is 0.0769. The van der Waals surface area contributed by atoms with Crippen molar-refractivity contribution in [2.45, 2.75) is 6.92 Å². The molecule has 2 rings (SSSR count). The number of halogens is 1. The van der Waals surface area contributed by atoms with Crippen molar-refractivity contribution < 1.29 is 0 Å². The smallest absolute Gasteiger partial charge is 0.0903 e. The van der Waals surface area contributed by atoms with Gasteiger partial charge in [0.05, 0.1) is 11.4 Å². The summed E-state index contributed by atoms with van der Waals surface area (Å²) in [6.45, 7) is 2.01. The van der Waals surface area contributed by atoms with Gasteiger partial charge in [0.15, 0.2) is 0 Å². The standard InChI is InChI=1S/C13H12BrN3/c1-10-6-2-4-8-12(10)15-17-16-13-9-5-3-7-11(13)14/h2-9H,1H3,(H,15,16). The van der Waals surface area contributed by atoms with Crippen molar-refractivity contribution in [1.29, 1.82) is 0 Å². The van der Waals surface area contributed by atoms with Crippen LogP contribution in [0.5, 0.6) is 0 Å². The van der Waals surface area contributed by atoms with Crippen LogP contribution in [0.15, 0.2) is 63.3 Å². The molecule has 0 aromatic heterocycles. The highest BCUT2D eigenvalue weighted by Crippen LogP contribution is 2.22. The zero-order chi connectivity index (χ0) is 12.1. The third-order valence-corrected chi connectivity index (χ3v) is 3.01. The van der Waals surface area contributed by atoms with Gasteiger partial charge in [0.2, 0.25) is 0 Å². The van der Waals surface area contributed by atoms with Gasteiger partial charge in [-0.25, -0.2) is 0 Å². The maximum atomic E-state index is 4.14. The van der Waals surface area contributed by atoms with E-state index < -0.39 is 0 Å². The first-order valence-corrected chi connectivity index (χ1v) is 6.03. The molecule has 0 radical (unpaired) electrons. The Morgan fingerprint density at radius 3 is 2.47 bits per heavy atom. The van der Waals surface area contributed by atoms with Crippen molar-refractivity contribution in [2.24, 2.45) is 10.3 Å².